The number of guanidine groups is 1. The maximum Gasteiger partial charge on any atom is 0.387 e. The van der Waals surface area contributed by atoms with Gasteiger partial charge in [0.15, 0.2) is 5.96 Å². The maximum atomic E-state index is 12.6. The van der Waals surface area contributed by atoms with Crippen LogP contribution in [0.3, 0.4) is 0 Å². The third kappa shape index (κ3) is 9.72. The van der Waals surface area contributed by atoms with Crippen LogP contribution in [0.1, 0.15) is 32.8 Å². The number of aliphatic imine (C=N–C) groups is 1. The molecule has 1 aromatic rings. The van der Waals surface area contributed by atoms with E-state index < -0.39 is 6.61 Å². The summed E-state index contributed by atoms with van der Waals surface area (Å²) in [7, 11) is 3.13. The van der Waals surface area contributed by atoms with E-state index in [1.165, 1.54) is 13.2 Å². The number of hydrogen-bond acceptors (Lipinski definition) is 4. The van der Waals surface area contributed by atoms with Gasteiger partial charge in [-0.1, -0.05) is 13.8 Å². The number of nitrogens with one attached hydrogen (secondary N) is 2. The zero-order valence-corrected chi connectivity index (χ0v) is 19.5. The first-order chi connectivity index (χ1) is 12.9. The number of methoxy groups -OCH3 is 1. The molecule has 0 aromatic heterocycles. The lowest BCUT2D eigenvalue weighted by atomic mass is 10.0. The fourth-order valence-electron chi connectivity index (χ4n) is 2.57. The van der Waals surface area contributed by atoms with E-state index in [1.54, 1.807) is 19.2 Å². The molecular weight excluding hydrogens is 483 g/mol. The van der Waals surface area contributed by atoms with Crippen LogP contribution in [0.2, 0.25) is 0 Å². The van der Waals surface area contributed by atoms with Crippen molar-refractivity contribution in [1.82, 2.24) is 10.6 Å². The molecule has 0 spiro atoms. The number of benzene rings is 1. The van der Waals surface area contributed by atoms with Crippen LogP contribution in [0.4, 0.5) is 8.78 Å². The van der Waals surface area contributed by atoms with Gasteiger partial charge in [-0.3, -0.25) is 4.99 Å². The van der Waals surface area contributed by atoms with E-state index in [0.717, 1.165) is 6.42 Å². The van der Waals surface area contributed by atoms with E-state index in [9.17, 15) is 8.78 Å². The first-order valence-electron chi connectivity index (χ1n) is 9.09. The largest absolute Gasteiger partial charge is 0.497 e. The maximum absolute atomic E-state index is 12.6. The summed E-state index contributed by atoms with van der Waals surface area (Å²) in [6.45, 7) is 4.98. The van der Waals surface area contributed by atoms with Crippen molar-refractivity contribution in [2.24, 2.45) is 10.9 Å². The SMILES string of the molecule is CCOC(CCNC(=NC)NCc1ccc(OC)cc1OC(F)F)C(C)C.I. The smallest absolute Gasteiger partial charge is 0.387 e. The molecule has 162 valence electrons. The Labute approximate surface area is 183 Å². The molecule has 2 N–H and O–H groups in total. The van der Waals surface area contributed by atoms with Crippen molar-refractivity contribution in [3.05, 3.63) is 23.8 Å². The molecule has 1 unspecified atom stereocenters. The van der Waals surface area contributed by atoms with Crippen molar-refractivity contribution < 1.29 is 23.0 Å². The third-order valence-electron chi connectivity index (χ3n) is 4.01. The second-order valence-corrected chi connectivity index (χ2v) is 6.23. The number of halogens is 3. The van der Waals surface area contributed by atoms with Crippen LogP contribution in [0.25, 0.3) is 0 Å². The summed E-state index contributed by atoms with van der Waals surface area (Å²) in [6.07, 6.45) is 1.02. The van der Waals surface area contributed by atoms with Gasteiger partial charge in [-0.2, -0.15) is 8.78 Å². The molecular formula is C19H32F2IN3O3. The summed E-state index contributed by atoms with van der Waals surface area (Å²) in [5.74, 6) is 1.53. The fraction of sp³-hybridized carbons (Fsp3) is 0.632. The van der Waals surface area contributed by atoms with Gasteiger partial charge in [0, 0.05) is 38.4 Å². The Kier molecular flexibility index (Phi) is 13.9. The first-order valence-corrected chi connectivity index (χ1v) is 9.09. The molecule has 28 heavy (non-hydrogen) atoms. The van der Waals surface area contributed by atoms with Crippen LogP contribution in [-0.4, -0.2) is 46.0 Å². The van der Waals surface area contributed by atoms with Crippen molar-refractivity contribution in [2.45, 2.75) is 46.5 Å². The average Bonchev–Trinajstić information content (AvgIpc) is 2.63. The van der Waals surface area contributed by atoms with Crippen LogP contribution in [0.15, 0.2) is 23.2 Å². The molecule has 0 aliphatic heterocycles. The van der Waals surface area contributed by atoms with Crippen molar-refractivity contribution in [3.63, 3.8) is 0 Å². The van der Waals surface area contributed by atoms with E-state index >= 15 is 0 Å². The molecule has 1 rings (SSSR count). The minimum atomic E-state index is -2.90. The summed E-state index contributed by atoms with van der Waals surface area (Å²) in [5.41, 5.74) is 0.577. The predicted molar refractivity (Wildman–Crippen MR) is 118 cm³/mol. The highest BCUT2D eigenvalue weighted by atomic mass is 127. The van der Waals surface area contributed by atoms with Crippen molar-refractivity contribution >= 4 is 29.9 Å². The van der Waals surface area contributed by atoms with E-state index in [0.29, 0.717) is 36.3 Å². The zero-order chi connectivity index (χ0) is 20.2. The Morgan fingerprint density at radius 1 is 1.21 bits per heavy atom. The number of rotatable bonds is 11. The van der Waals surface area contributed by atoms with Gasteiger partial charge in [0.1, 0.15) is 11.5 Å². The lowest BCUT2D eigenvalue weighted by molar-refractivity contribution is -0.0505. The van der Waals surface area contributed by atoms with Gasteiger partial charge in [-0.05, 0) is 31.4 Å². The van der Waals surface area contributed by atoms with Crippen LogP contribution in [0.5, 0.6) is 11.5 Å². The molecule has 9 heteroatoms. The highest BCUT2D eigenvalue weighted by molar-refractivity contribution is 14.0. The molecule has 0 aliphatic carbocycles. The topological polar surface area (TPSA) is 64.1 Å². The monoisotopic (exact) mass is 515 g/mol. The summed E-state index contributed by atoms with van der Waals surface area (Å²) in [4.78, 5) is 4.16. The molecule has 0 bridgehead atoms. The van der Waals surface area contributed by atoms with Crippen molar-refractivity contribution in [3.8, 4) is 11.5 Å². The first kappa shape index (κ1) is 26.6. The molecule has 0 aliphatic rings. The van der Waals surface area contributed by atoms with Crippen LogP contribution >= 0.6 is 24.0 Å². The van der Waals surface area contributed by atoms with Gasteiger partial charge in [0.2, 0.25) is 0 Å². The molecule has 0 saturated heterocycles. The Morgan fingerprint density at radius 3 is 2.46 bits per heavy atom. The van der Waals surface area contributed by atoms with Crippen molar-refractivity contribution in [1.29, 1.82) is 0 Å². The molecule has 6 nitrogen and oxygen atoms in total. The standard InChI is InChI=1S/C19H31F2N3O3.HI/c1-6-26-16(13(2)3)9-10-23-19(22-4)24-12-14-7-8-15(25-5)11-17(14)27-18(20)21;/h7-8,11,13,16,18H,6,9-10,12H2,1-5H3,(H2,22,23,24);1H. The van der Waals surface area contributed by atoms with E-state index in [1.807, 2.05) is 6.92 Å². The van der Waals surface area contributed by atoms with Crippen LogP contribution in [-0.2, 0) is 11.3 Å². The van der Waals surface area contributed by atoms with Crippen molar-refractivity contribution in [2.75, 3.05) is 27.3 Å². The van der Waals surface area contributed by atoms with Gasteiger partial charge in [0.25, 0.3) is 0 Å². The quantitative estimate of drug-likeness (QED) is 0.265. The van der Waals surface area contributed by atoms with E-state index in [-0.39, 0.29) is 42.4 Å². The highest BCUT2D eigenvalue weighted by Crippen LogP contribution is 2.26. The van der Waals surface area contributed by atoms with E-state index in [4.69, 9.17) is 9.47 Å². The zero-order valence-electron chi connectivity index (χ0n) is 17.1. The van der Waals surface area contributed by atoms with Gasteiger partial charge < -0.3 is 24.8 Å². The minimum Gasteiger partial charge on any atom is -0.497 e. The van der Waals surface area contributed by atoms with Gasteiger partial charge in [-0.15, -0.1) is 24.0 Å². The molecule has 0 heterocycles. The third-order valence-corrected chi connectivity index (χ3v) is 4.01. The Balaban J connectivity index is 0.00000729. The van der Waals surface area contributed by atoms with Gasteiger partial charge in [0.05, 0.1) is 13.2 Å². The molecule has 0 radical (unpaired) electrons. The van der Waals surface area contributed by atoms with E-state index in [2.05, 4.69) is 34.2 Å². The number of nitrogens with zero attached hydrogens (tertiary/aromatic N) is 1. The highest BCUT2D eigenvalue weighted by Gasteiger charge is 2.14. The normalized spacial score (nSPS) is 12.5. The van der Waals surface area contributed by atoms with Gasteiger partial charge in [-0.25, -0.2) is 0 Å². The molecule has 0 amide bonds. The molecule has 0 fully saturated rings. The lowest BCUT2D eigenvalue weighted by Crippen LogP contribution is -2.39. The fourth-order valence-corrected chi connectivity index (χ4v) is 2.57. The average molecular weight is 515 g/mol. The summed E-state index contributed by atoms with van der Waals surface area (Å²) >= 11 is 0. The summed E-state index contributed by atoms with van der Waals surface area (Å²) in [6, 6.07) is 4.82. The van der Waals surface area contributed by atoms with Crippen LogP contribution in [0, 0.1) is 5.92 Å². The minimum absolute atomic E-state index is 0. The second kappa shape index (κ2) is 14.6. The summed E-state index contributed by atoms with van der Waals surface area (Å²) in [5, 5.41) is 6.32. The Bertz CT molecular complexity index is 590. The molecule has 0 saturated carbocycles. The second-order valence-electron chi connectivity index (χ2n) is 6.23. The summed E-state index contributed by atoms with van der Waals surface area (Å²) < 4.78 is 40.7. The molecule has 1 aromatic carbocycles. The lowest BCUT2D eigenvalue weighted by Gasteiger charge is -2.21. The number of hydrogen-bond donors (Lipinski definition) is 2. The number of ether oxygens (including phenoxy) is 3. The predicted octanol–water partition coefficient (Wildman–Crippen LogP) is 4.03. The molecule has 1 atom stereocenters. The van der Waals surface area contributed by atoms with Gasteiger partial charge >= 0.3 is 6.61 Å². The Hall–Kier alpha value is -1.36. The van der Waals surface area contributed by atoms with Crippen LogP contribution < -0.4 is 20.1 Å². The number of alkyl halides is 2. The Morgan fingerprint density at radius 2 is 1.93 bits per heavy atom.